The van der Waals surface area contributed by atoms with Crippen LogP contribution in [0.25, 0.3) is 0 Å². The molecule has 0 rings (SSSR count). The quantitative estimate of drug-likeness (QED) is 0.272. The summed E-state index contributed by atoms with van der Waals surface area (Å²) in [6.45, 7) is 2.88. The zero-order valence-corrected chi connectivity index (χ0v) is 14.8. The van der Waals surface area contributed by atoms with Crippen LogP contribution in [-0.4, -0.2) is 22.4 Å². The summed E-state index contributed by atoms with van der Waals surface area (Å²) in [6, 6.07) is 0. The van der Waals surface area contributed by atoms with Gasteiger partial charge >= 0.3 is 0 Å². The molecule has 0 aromatic rings. The van der Waals surface area contributed by atoms with Gasteiger partial charge in [-0.3, -0.25) is 4.18 Å². The van der Waals surface area contributed by atoms with Crippen molar-refractivity contribution in [3.8, 4) is 0 Å². The Kier molecular flexibility index (Phi) is 17.8. The molecule has 0 aliphatic heterocycles. The summed E-state index contributed by atoms with van der Waals surface area (Å²) in [5.74, 6) is 0.852. The first kappa shape index (κ1) is 20.4. The lowest BCUT2D eigenvalue weighted by molar-refractivity contribution is 0.332. The number of hydrogen-bond donors (Lipinski definition) is 0. The molecule has 0 bridgehead atoms. The minimum Gasteiger partial charge on any atom is -0.291 e. The standard InChI is InChI=1S/C16H33ClO2S/c1-2-3-4-5-6-7-8-9-10-11-12-13-15-19-20(18)16-14-17/h2-16H2,1H3. The highest BCUT2D eigenvalue weighted by Crippen LogP contribution is 2.11. The van der Waals surface area contributed by atoms with E-state index in [1.807, 2.05) is 0 Å². The topological polar surface area (TPSA) is 26.3 Å². The van der Waals surface area contributed by atoms with Gasteiger partial charge in [-0.1, -0.05) is 77.6 Å². The Hall–Kier alpha value is 0.400. The molecule has 1 atom stereocenters. The highest BCUT2D eigenvalue weighted by molar-refractivity contribution is 7.80. The van der Waals surface area contributed by atoms with E-state index in [4.69, 9.17) is 15.8 Å². The number of unbranched alkanes of at least 4 members (excludes halogenated alkanes) is 11. The predicted octanol–water partition coefficient (Wildman–Crippen LogP) is 5.61. The molecule has 1 unspecified atom stereocenters. The van der Waals surface area contributed by atoms with Crippen LogP contribution in [0.2, 0.25) is 0 Å². The number of alkyl halides is 1. The van der Waals surface area contributed by atoms with Crippen LogP contribution in [0.15, 0.2) is 0 Å². The van der Waals surface area contributed by atoms with E-state index in [-0.39, 0.29) is 0 Å². The number of rotatable bonds is 16. The third-order valence-electron chi connectivity index (χ3n) is 3.46. The van der Waals surface area contributed by atoms with Crippen molar-refractivity contribution in [2.24, 2.45) is 0 Å². The van der Waals surface area contributed by atoms with Gasteiger partial charge in [-0.2, -0.15) is 0 Å². The molecule has 0 N–H and O–H groups in total. The molecule has 0 aromatic carbocycles. The number of halogens is 1. The Morgan fingerprint density at radius 2 is 1.25 bits per heavy atom. The normalized spacial score (nSPS) is 12.7. The van der Waals surface area contributed by atoms with E-state index < -0.39 is 11.1 Å². The molecule has 2 nitrogen and oxygen atoms in total. The molecule has 122 valence electrons. The van der Waals surface area contributed by atoms with Gasteiger partial charge in [0.05, 0.1) is 12.4 Å². The lowest BCUT2D eigenvalue weighted by Crippen LogP contribution is -2.04. The molecule has 0 aliphatic carbocycles. The smallest absolute Gasteiger partial charge is 0.156 e. The van der Waals surface area contributed by atoms with Crippen molar-refractivity contribution in [2.75, 3.05) is 18.2 Å². The molecule has 0 radical (unpaired) electrons. The van der Waals surface area contributed by atoms with Crippen molar-refractivity contribution < 1.29 is 8.39 Å². The minimum atomic E-state index is -1.17. The first-order chi connectivity index (χ1) is 9.81. The zero-order valence-electron chi connectivity index (χ0n) is 13.2. The van der Waals surface area contributed by atoms with Crippen LogP contribution in [0.1, 0.15) is 84.0 Å². The van der Waals surface area contributed by atoms with Crippen molar-refractivity contribution >= 4 is 22.7 Å². The predicted molar refractivity (Wildman–Crippen MR) is 90.8 cm³/mol. The van der Waals surface area contributed by atoms with Crippen molar-refractivity contribution in [2.45, 2.75) is 84.0 Å². The van der Waals surface area contributed by atoms with E-state index in [0.29, 0.717) is 18.2 Å². The summed E-state index contributed by atoms with van der Waals surface area (Å²) >= 11 is 4.31. The van der Waals surface area contributed by atoms with Gasteiger partial charge in [0, 0.05) is 5.88 Å². The van der Waals surface area contributed by atoms with Crippen molar-refractivity contribution in [1.29, 1.82) is 0 Å². The van der Waals surface area contributed by atoms with E-state index in [1.165, 1.54) is 70.6 Å². The summed E-state index contributed by atoms with van der Waals surface area (Å²) in [7, 11) is 0. The average Bonchev–Trinajstić information content (AvgIpc) is 2.44. The maximum absolute atomic E-state index is 11.1. The molecule has 0 spiro atoms. The molecule has 0 heterocycles. The summed E-state index contributed by atoms with van der Waals surface area (Å²) in [5, 5.41) is 0. The fourth-order valence-electron chi connectivity index (χ4n) is 2.22. The van der Waals surface area contributed by atoms with Crippen LogP contribution in [0.5, 0.6) is 0 Å². The summed E-state index contributed by atoms with van der Waals surface area (Å²) < 4.78 is 16.3. The maximum Gasteiger partial charge on any atom is 0.156 e. The largest absolute Gasteiger partial charge is 0.291 e. The zero-order chi connectivity index (χ0) is 14.9. The second-order valence-electron chi connectivity index (χ2n) is 5.41. The molecular weight excluding hydrogens is 292 g/mol. The van der Waals surface area contributed by atoms with Gasteiger partial charge in [0.25, 0.3) is 0 Å². The second-order valence-corrected chi connectivity index (χ2v) is 7.04. The average molecular weight is 325 g/mol. The van der Waals surface area contributed by atoms with E-state index in [1.54, 1.807) is 0 Å². The highest BCUT2D eigenvalue weighted by atomic mass is 35.5. The first-order valence-corrected chi connectivity index (χ1v) is 10.2. The van der Waals surface area contributed by atoms with E-state index in [0.717, 1.165) is 6.42 Å². The molecule has 0 fully saturated rings. The number of hydrogen-bond acceptors (Lipinski definition) is 2. The lowest BCUT2D eigenvalue weighted by atomic mass is 10.1. The Bertz CT molecular complexity index is 213. The van der Waals surface area contributed by atoms with Crippen molar-refractivity contribution in [3.63, 3.8) is 0 Å². The van der Waals surface area contributed by atoms with Gasteiger partial charge in [-0.15, -0.1) is 11.6 Å². The third kappa shape index (κ3) is 16.5. The van der Waals surface area contributed by atoms with E-state index in [9.17, 15) is 4.21 Å². The Balaban J connectivity index is 3.01. The van der Waals surface area contributed by atoms with Crippen LogP contribution in [0, 0.1) is 0 Å². The Morgan fingerprint density at radius 3 is 1.70 bits per heavy atom. The SMILES string of the molecule is CCCCCCCCCCCCCCOS(=O)CCCl. The van der Waals surface area contributed by atoms with Crippen LogP contribution >= 0.6 is 11.6 Å². The molecule has 0 aliphatic rings. The highest BCUT2D eigenvalue weighted by Gasteiger charge is 1.98. The lowest BCUT2D eigenvalue weighted by Gasteiger charge is -2.03. The third-order valence-corrected chi connectivity index (χ3v) is 4.84. The molecule has 20 heavy (non-hydrogen) atoms. The molecule has 0 amide bonds. The van der Waals surface area contributed by atoms with Gasteiger partial charge in [0.15, 0.2) is 11.1 Å². The van der Waals surface area contributed by atoms with Gasteiger partial charge < -0.3 is 0 Å². The molecule has 0 saturated carbocycles. The summed E-state index contributed by atoms with van der Waals surface area (Å²) in [5.41, 5.74) is 0. The monoisotopic (exact) mass is 324 g/mol. The first-order valence-electron chi connectivity index (χ1n) is 8.39. The van der Waals surface area contributed by atoms with E-state index in [2.05, 4.69) is 6.92 Å². The van der Waals surface area contributed by atoms with Gasteiger partial charge in [0.1, 0.15) is 0 Å². The van der Waals surface area contributed by atoms with Crippen LogP contribution < -0.4 is 0 Å². The van der Waals surface area contributed by atoms with Gasteiger partial charge in [0.2, 0.25) is 0 Å². The Morgan fingerprint density at radius 1 is 0.800 bits per heavy atom. The van der Waals surface area contributed by atoms with Crippen LogP contribution in [-0.2, 0) is 15.3 Å². The van der Waals surface area contributed by atoms with Gasteiger partial charge in [-0.05, 0) is 6.42 Å². The van der Waals surface area contributed by atoms with Crippen molar-refractivity contribution in [1.82, 2.24) is 0 Å². The van der Waals surface area contributed by atoms with Crippen molar-refractivity contribution in [3.05, 3.63) is 0 Å². The fraction of sp³-hybridized carbons (Fsp3) is 1.00. The fourth-order valence-corrected chi connectivity index (χ4v) is 3.14. The molecule has 0 saturated heterocycles. The van der Waals surface area contributed by atoms with Crippen LogP contribution in [0.4, 0.5) is 0 Å². The molecule has 0 aromatic heterocycles. The van der Waals surface area contributed by atoms with Gasteiger partial charge in [-0.25, -0.2) is 4.21 Å². The van der Waals surface area contributed by atoms with E-state index >= 15 is 0 Å². The summed E-state index contributed by atoms with van der Waals surface area (Å²) in [6.07, 6.45) is 16.0. The molecule has 4 heteroatoms. The summed E-state index contributed by atoms with van der Waals surface area (Å²) in [4.78, 5) is 0. The minimum absolute atomic E-state index is 0.408. The molecular formula is C16H33ClO2S. The maximum atomic E-state index is 11.1. The van der Waals surface area contributed by atoms with Crippen LogP contribution in [0.3, 0.4) is 0 Å². The Labute approximate surface area is 133 Å². The second kappa shape index (κ2) is 17.5.